The molecular formula is C20H21N3O. The van der Waals surface area contributed by atoms with E-state index in [9.17, 15) is 4.79 Å². The van der Waals surface area contributed by atoms with E-state index in [1.165, 1.54) is 27.7 Å². The highest BCUT2D eigenvalue weighted by molar-refractivity contribution is 5.90. The Morgan fingerprint density at radius 1 is 1.08 bits per heavy atom. The van der Waals surface area contributed by atoms with Crippen molar-refractivity contribution in [3.63, 3.8) is 0 Å². The Morgan fingerprint density at radius 2 is 1.88 bits per heavy atom. The number of nitrogens with one attached hydrogen (secondary N) is 2. The van der Waals surface area contributed by atoms with Crippen molar-refractivity contribution in [2.75, 3.05) is 18.4 Å². The topological polar surface area (TPSA) is 48.1 Å². The Kier molecular flexibility index (Phi) is 3.73. The summed E-state index contributed by atoms with van der Waals surface area (Å²) in [7, 11) is 0. The van der Waals surface area contributed by atoms with Crippen molar-refractivity contribution in [3.8, 4) is 0 Å². The van der Waals surface area contributed by atoms with E-state index in [0.29, 0.717) is 0 Å². The Labute approximate surface area is 141 Å². The minimum absolute atomic E-state index is 0.0214. The molecule has 0 unspecified atom stereocenters. The van der Waals surface area contributed by atoms with Gasteiger partial charge in [-0.1, -0.05) is 29.8 Å². The third-order valence-electron chi connectivity index (χ3n) is 4.73. The summed E-state index contributed by atoms with van der Waals surface area (Å²) in [5.41, 5.74) is 5.95. The van der Waals surface area contributed by atoms with E-state index in [0.717, 1.165) is 31.6 Å². The SMILES string of the molecule is Cc1ccc2[nH]c3c(c2c1)CCN(C(=O)Nc1ccccc1)CC3. The van der Waals surface area contributed by atoms with Crippen LogP contribution in [0.1, 0.15) is 16.8 Å². The molecule has 1 aromatic heterocycles. The van der Waals surface area contributed by atoms with Crippen molar-refractivity contribution in [3.05, 3.63) is 65.4 Å². The molecule has 122 valence electrons. The smallest absolute Gasteiger partial charge is 0.321 e. The first-order valence-electron chi connectivity index (χ1n) is 8.42. The third-order valence-corrected chi connectivity index (χ3v) is 4.73. The van der Waals surface area contributed by atoms with Gasteiger partial charge in [0.15, 0.2) is 0 Å². The van der Waals surface area contributed by atoms with Crippen molar-refractivity contribution in [2.45, 2.75) is 19.8 Å². The second-order valence-corrected chi connectivity index (χ2v) is 6.41. The largest absolute Gasteiger partial charge is 0.358 e. The van der Waals surface area contributed by atoms with Gasteiger partial charge in [-0.05, 0) is 43.2 Å². The predicted molar refractivity (Wildman–Crippen MR) is 97.5 cm³/mol. The minimum Gasteiger partial charge on any atom is -0.358 e. The Balaban J connectivity index is 1.52. The summed E-state index contributed by atoms with van der Waals surface area (Å²) in [6.07, 6.45) is 1.76. The molecule has 3 aromatic rings. The summed E-state index contributed by atoms with van der Waals surface area (Å²) in [5, 5.41) is 4.28. The van der Waals surface area contributed by atoms with Gasteiger partial charge >= 0.3 is 6.03 Å². The Bertz CT molecular complexity index is 883. The molecule has 0 fully saturated rings. The number of carbonyl (C=O) groups is 1. The van der Waals surface area contributed by atoms with E-state index in [1.54, 1.807) is 0 Å². The maximum absolute atomic E-state index is 12.5. The number of H-pyrrole nitrogens is 1. The Morgan fingerprint density at radius 3 is 2.71 bits per heavy atom. The number of hydrogen-bond donors (Lipinski definition) is 2. The highest BCUT2D eigenvalue weighted by Gasteiger charge is 2.21. The van der Waals surface area contributed by atoms with Crippen LogP contribution in [0.3, 0.4) is 0 Å². The van der Waals surface area contributed by atoms with Crippen LogP contribution >= 0.6 is 0 Å². The number of nitrogens with zero attached hydrogens (tertiary/aromatic N) is 1. The molecule has 0 atom stereocenters. The van der Waals surface area contributed by atoms with Gasteiger partial charge in [0, 0.05) is 41.8 Å². The zero-order valence-electron chi connectivity index (χ0n) is 13.8. The summed E-state index contributed by atoms with van der Waals surface area (Å²) in [4.78, 5) is 18.0. The maximum Gasteiger partial charge on any atom is 0.321 e. The number of para-hydroxylation sites is 1. The van der Waals surface area contributed by atoms with E-state index in [4.69, 9.17) is 0 Å². The molecule has 4 heteroatoms. The molecule has 4 rings (SSSR count). The molecule has 4 nitrogen and oxygen atoms in total. The number of aryl methyl sites for hydroxylation is 1. The van der Waals surface area contributed by atoms with Crippen LogP contribution < -0.4 is 5.32 Å². The number of amides is 2. The summed E-state index contributed by atoms with van der Waals surface area (Å²) < 4.78 is 0. The molecule has 2 aromatic carbocycles. The van der Waals surface area contributed by atoms with Crippen molar-refractivity contribution in [1.29, 1.82) is 0 Å². The fourth-order valence-corrected chi connectivity index (χ4v) is 3.45. The number of urea groups is 1. The molecule has 0 saturated heterocycles. The summed E-state index contributed by atoms with van der Waals surface area (Å²) >= 11 is 0. The fraction of sp³-hybridized carbons (Fsp3) is 0.250. The zero-order chi connectivity index (χ0) is 16.5. The predicted octanol–water partition coefficient (Wildman–Crippen LogP) is 4.11. The zero-order valence-corrected chi connectivity index (χ0v) is 13.8. The van der Waals surface area contributed by atoms with Crippen molar-refractivity contribution < 1.29 is 4.79 Å². The molecule has 0 radical (unpaired) electrons. The van der Waals surface area contributed by atoms with Crippen LogP contribution in [0.25, 0.3) is 10.9 Å². The van der Waals surface area contributed by atoms with Gasteiger partial charge in [-0.15, -0.1) is 0 Å². The lowest BCUT2D eigenvalue weighted by Crippen LogP contribution is -2.36. The van der Waals surface area contributed by atoms with Crippen LogP contribution in [-0.2, 0) is 12.8 Å². The van der Waals surface area contributed by atoms with Gasteiger partial charge < -0.3 is 15.2 Å². The lowest BCUT2D eigenvalue weighted by Gasteiger charge is -2.21. The van der Waals surface area contributed by atoms with Crippen LogP contribution in [0, 0.1) is 6.92 Å². The number of hydrogen-bond acceptors (Lipinski definition) is 1. The van der Waals surface area contributed by atoms with Crippen LogP contribution in [-0.4, -0.2) is 29.0 Å². The van der Waals surface area contributed by atoms with E-state index >= 15 is 0 Å². The average Bonchev–Trinajstić information content (AvgIpc) is 2.79. The number of anilines is 1. The van der Waals surface area contributed by atoms with Crippen molar-refractivity contribution in [2.24, 2.45) is 0 Å². The van der Waals surface area contributed by atoms with Gasteiger partial charge in [-0.2, -0.15) is 0 Å². The van der Waals surface area contributed by atoms with Gasteiger partial charge in [0.2, 0.25) is 0 Å². The molecule has 0 saturated carbocycles. The second-order valence-electron chi connectivity index (χ2n) is 6.41. The molecule has 0 spiro atoms. The molecule has 2 heterocycles. The average molecular weight is 319 g/mol. The third kappa shape index (κ3) is 2.75. The van der Waals surface area contributed by atoms with Crippen LogP contribution in [0.2, 0.25) is 0 Å². The lowest BCUT2D eigenvalue weighted by atomic mass is 10.1. The quantitative estimate of drug-likeness (QED) is 0.697. The number of aromatic nitrogens is 1. The van der Waals surface area contributed by atoms with Gasteiger partial charge in [-0.3, -0.25) is 0 Å². The van der Waals surface area contributed by atoms with Crippen molar-refractivity contribution >= 4 is 22.6 Å². The van der Waals surface area contributed by atoms with E-state index in [-0.39, 0.29) is 6.03 Å². The molecule has 1 aliphatic rings. The van der Waals surface area contributed by atoms with Gasteiger partial charge in [0.05, 0.1) is 0 Å². The first kappa shape index (κ1) is 14.8. The van der Waals surface area contributed by atoms with E-state index in [1.807, 2.05) is 35.2 Å². The summed E-state index contributed by atoms with van der Waals surface area (Å²) in [6.45, 7) is 3.60. The van der Waals surface area contributed by atoms with E-state index in [2.05, 4.69) is 35.4 Å². The first-order valence-corrected chi connectivity index (χ1v) is 8.42. The van der Waals surface area contributed by atoms with E-state index < -0.39 is 0 Å². The minimum atomic E-state index is -0.0214. The molecule has 1 aliphatic heterocycles. The van der Waals surface area contributed by atoms with Gasteiger partial charge in [-0.25, -0.2) is 4.79 Å². The number of carbonyl (C=O) groups excluding carboxylic acids is 1. The lowest BCUT2D eigenvalue weighted by molar-refractivity contribution is 0.214. The van der Waals surface area contributed by atoms with Gasteiger partial charge in [0.25, 0.3) is 0 Å². The van der Waals surface area contributed by atoms with Crippen molar-refractivity contribution in [1.82, 2.24) is 9.88 Å². The number of fused-ring (bicyclic) bond motifs is 3. The Hall–Kier alpha value is -2.75. The number of aromatic amines is 1. The maximum atomic E-state index is 12.5. The fourth-order valence-electron chi connectivity index (χ4n) is 3.45. The molecule has 2 amide bonds. The van der Waals surface area contributed by atoms with Crippen LogP contribution in [0.15, 0.2) is 48.5 Å². The first-order chi connectivity index (χ1) is 11.7. The summed E-state index contributed by atoms with van der Waals surface area (Å²) in [6, 6.07) is 16.1. The molecule has 24 heavy (non-hydrogen) atoms. The highest BCUT2D eigenvalue weighted by Crippen LogP contribution is 2.27. The van der Waals surface area contributed by atoms with Crippen LogP contribution in [0.4, 0.5) is 10.5 Å². The molecule has 0 bridgehead atoms. The molecule has 0 aliphatic carbocycles. The highest BCUT2D eigenvalue weighted by atomic mass is 16.2. The second kappa shape index (κ2) is 6.04. The number of rotatable bonds is 1. The molecule has 2 N–H and O–H groups in total. The van der Waals surface area contributed by atoms with Crippen LogP contribution in [0.5, 0.6) is 0 Å². The normalized spacial score (nSPS) is 14.3. The van der Waals surface area contributed by atoms with Gasteiger partial charge in [0.1, 0.15) is 0 Å². The standard InChI is InChI=1S/C20H21N3O/c1-14-7-8-18-17(13-14)16-9-11-23(12-10-19(16)22-18)20(24)21-15-5-3-2-4-6-15/h2-8,13,22H,9-12H2,1H3,(H,21,24). The monoisotopic (exact) mass is 319 g/mol. The number of benzene rings is 2. The molecular weight excluding hydrogens is 298 g/mol. The summed E-state index contributed by atoms with van der Waals surface area (Å²) in [5.74, 6) is 0.